The summed E-state index contributed by atoms with van der Waals surface area (Å²) in [5, 5.41) is 0.579. The predicted octanol–water partition coefficient (Wildman–Crippen LogP) is 3.61. The second-order valence-electron chi connectivity index (χ2n) is 4.04. The molecular weight excluding hydrogens is 354 g/mol. The van der Waals surface area contributed by atoms with E-state index in [0.717, 1.165) is 0 Å². The van der Waals surface area contributed by atoms with Gasteiger partial charge in [0.2, 0.25) is 5.78 Å². The molecule has 1 heterocycles. The smallest absolute Gasteiger partial charge is 0.341 e. The minimum atomic E-state index is -0.548. The summed E-state index contributed by atoms with van der Waals surface area (Å²) < 4.78 is 5.76. The molecule has 2 aromatic rings. The molecule has 2 rings (SSSR count). The fraction of sp³-hybridized carbons (Fsp3) is 0.133. The number of benzene rings is 1. The zero-order valence-electron chi connectivity index (χ0n) is 11.2. The first-order valence-electron chi connectivity index (χ1n) is 6.07. The van der Waals surface area contributed by atoms with Crippen LogP contribution in [0.1, 0.15) is 20.7 Å². The third-order valence-electron chi connectivity index (χ3n) is 2.69. The highest BCUT2D eigenvalue weighted by Crippen LogP contribution is 2.19. The van der Waals surface area contributed by atoms with Gasteiger partial charge in [0, 0.05) is 16.2 Å². The lowest BCUT2D eigenvalue weighted by molar-refractivity contribution is 0.0470. The van der Waals surface area contributed by atoms with Gasteiger partial charge in [-0.15, -0.1) is 11.8 Å². The van der Waals surface area contributed by atoms with E-state index in [1.54, 1.807) is 36.5 Å². The largest absolute Gasteiger partial charge is 0.454 e. The van der Waals surface area contributed by atoms with E-state index >= 15 is 0 Å². The van der Waals surface area contributed by atoms with Crippen molar-refractivity contribution in [3.05, 3.63) is 58.2 Å². The summed E-state index contributed by atoms with van der Waals surface area (Å²) in [6.45, 7) is -0.301. The second kappa shape index (κ2) is 7.38. The number of carbonyl (C=O) groups excluding carboxylic acids is 2. The standard InChI is InChI=1S/C15H12BrNO3S/c1-21-14-11(6-4-8-17-14)15(19)20-9-13(18)10-5-2-3-7-12(10)16/h2-8H,9H2,1H3. The predicted molar refractivity (Wildman–Crippen MR) is 84.8 cm³/mol. The van der Waals surface area contributed by atoms with E-state index in [0.29, 0.717) is 20.6 Å². The van der Waals surface area contributed by atoms with Gasteiger partial charge in [-0.3, -0.25) is 4.79 Å². The van der Waals surface area contributed by atoms with Gasteiger partial charge in [0.25, 0.3) is 0 Å². The summed E-state index contributed by atoms with van der Waals surface area (Å²) in [5.41, 5.74) is 0.853. The van der Waals surface area contributed by atoms with Crippen molar-refractivity contribution in [2.24, 2.45) is 0 Å². The molecule has 0 aliphatic rings. The number of Topliss-reactive ketones (excluding diaryl/α,β-unsaturated/α-hetero) is 1. The molecule has 0 saturated heterocycles. The van der Waals surface area contributed by atoms with Crippen LogP contribution in [0.15, 0.2) is 52.1 Å². The van der Waals surface area contributed by atoms with Crippen LogP contribution in [0.4, 0.5) is 0 Å². The third-order valence-corrected chi connectivity index (χ3v) is 4.10. The van der Waals surface area contributed by atoms with Gasteiger partial charge in [0.05, 0.1) is 5.56 Å². The van der Waals surface area contributed by atoms with Gasteiger partial charge in [-0.05, 0) is 24.5 Å². The van der Waals surface area contributed by atoms with E-state index in [1.165, 1.54) is 11.8 Å². The summed E-state index contributed by atoms with van der Waals surface area (Å²) in [5.74, 6) is -0.807. The number of carbonyl (C=O) groups is 2. The van der Waals surface area contributed by atoms with Crippen molar-refractivity contribution < 1.29 is 14.3 Å². The number of ether oxygens (including phenoxy) is 1. The van der Waals surface area contributed by atoms with Crippen LogP contribution in [0, 0.1) is 0 Å². The van der Waals surface area contributed by atoms with Crippen molar-refractivity contribution >= 4 is 39.4 Å². The number of hydrogen-bond acceptors (Lipinski definition) is 5. The lowest BCUT2D eigenvalue weighted by Gasteiger charge is -2.07. The number of pyridine rings is 1. The van der Waals surface area contributed by atoms with Crippen LogP contribution in [0.3, 0.4) is 0 Å². The Morgan fingerprint density at radius 2 is 1.90 bits per heavy atom. The molecule has 6 heteroatoms. The van der Waals surface area contributed by atoms with Gasteiger partial charge >= 0.3 is 5.97 Å². The fourth-order valence-corrected chi connectivity index (χ4v) is 2.73. The lowest BCUT2D eigenvalue weighted by atomic mass is 10.1. The summed E-state index contributed by atoms with van der Waals surface area (Å²) in [7, 11) is 0. The number of halogens is 1. The van der Waals surface area contributed by atoms with Crippen LogP contribution in [0.5, 0.6) is 0 Å². The van der Waals surface area contributed by atoms with Crippen LogP contribution < -0.4 is 0 Å². The molecule has 108 valence electrons. The van der Waals surface area contributed by atoms with Crippen molar-refractivity contribution in [3.8, 4) is 0 Å². The molecule has 1 aromatic heterocycles. The first kappa shape index (κ1) is 15.7. The number of nitrogens with zero attached hydrogens (tertiary/aromatic N) is 1. The van der Waals surface area contributed by atoms with Gasteiger partial charge in [0.15, 0.2) is 6.61 Å². The maximum atomic E-state index is 12.0. The first-order chi connectivity index (χ1) is 10.1. The number of esters is 1. The molecule has 0 aliphatic heterocycles. The Labute approximate surface area is 135 Å². The maximum absolute atomic E-state index is 12.0. The molecule has 0 fully saturated rings. The average Bonchev–Trinajstić information content (AvgIpc) is 2.52. The summed E-state index contributed by atoms with van der Waals surface area (Å²) in [6, 6.07) is 10.3. The highest BCUT2D eigenvalue weighted by Gasteiger charge is 2.16. The second-order valence-corrected chi connectivity index (χ2v) is 5.69. The molecule has 0 spiro atoms. The fourth-order valence-electron chi connectivity index (χ4n) is 1.68. The highest BCUT2D eigenvalue weighted by atomic mass is 79.9. The Morgan fingerprint density at radius 3 is 2.62 bits per heavy atom. The molecule has 0 N–H and O–H groups in total. The maximum Gasteiger partial charge on any atom is 0.341 e. The van der Waals surface area contributed by atoms with E-state index in [1.807, 2.05) is 12.3 Å². The van der Waals surface area contributed by atoms with Gasteiger partial charge in [0.1, 0.15) is 5.03 Å². The zero-order valence-corrected chi connectivity index (χ0v) is 13.6. The Kier molecular flexibility index (Phi) is 5.52. The molecule has 4 nitrogen and oxygen atoms in total. The van der Waals surface area contributed by atoms with E-state index < -0.39 is 5.97 Å². The van der Waals surface area contributed by atoms with Gasteiger partial charge in [-0.25, -0.2) is 9.78 Å². The van der Waals surface area contributed by atoms with Crippen LogP contribution in [-0.2, 0) is 4.74 Å². The molecule has 0 radical (unpaired) electrons. The summed E-state index contributed by atoms with van der Waals surface area (Å²) in [4.78, 5) is 28.1. The Morgan fingerprint density at radius 1 is 1.19 bits per heavy atom. The first-order valence-corrected chi connectivity index (χ1v) is 8.09. The monoisotopic (exact) mass is 365 g/mol. The minimum Gasteiger partial charge on any atom is -0.454 e. The Balaban J connectivity index is 2.05. The van der Waals surface area contributed by atoms with Crippen molar-refractivity contribution in [2.45, 2.75) is 5.03 Å². The summed E-state index contributed by atoms with van der Waals surface area (Å²) >= 11 is 4.65. The van der Waals surface area contributed by atoms with Crippen molar-refractivity contribution in [3.63, 3.8) is 0 Å². The number of ketones is 1. The van der Waals surface area contributed by atoms with Crippen molar-refractivity contribution in [1.82, 2.24) is 4.98 Å². The van der Waals surface area contributed by atoms with Crippen LogP contribution in [-0.4, -0.2) is 29.6 Å². The number of rotatable bonds is 5. The molecule has 0 unspecified atom stereocenters. The number of thioether (sulfide) groups is 1. The lowest BCUT2D eigenvalue weighted by Crippen LogP contribution is -2.15. The van der Waals surface area contributed by atoms with Crippen LogP contribution >= 0.6 is 27.7 Å². The molecule has 0 aliphatic carbocycles. The van der Waals surface area contributed by atoms with E-state index in [4.69, 9.17) is 4.74 Å². The van der Waals surface area contributed by atoms with Crippen molar-refractivity contribution in [2.75, 3.05) is 12.9 Å². The van der Waals surface area contributed by atoms with Crippen LogP contribution in [0.25, 0.3) is 0 Å². The SMILES string of the molecule is CSc1ncccc1C(=O)OCC(=O)c1ccccc1Br. The van der Waals surface area contributed by atoms with Crippen LogP contribution in [0.2, 0.25) is 0 Å². The van der Waals surface area contributed by atoms with Gasteiger partial charge in [-0.2, -0.15) is 0 Å². The van der Waals surface area contributed by atoms with Gasteiger partial charge < -0.3 is 4.74 Å². The molecule has 0 atom stereocenters. The molecule has 1 aromatic carbocycles. The van der Waals surface area contributed by atoms with Crippen molar-refractivity contribution in [1.29, 1.82) is 0 Å². The normalized spacial score (nSPS) is 10.2. The quantitative estimate of drug-likeness (QED) is 0.460. The number of hydrogen-bond donors (Lipinski definition) is 0. The van der Waals surface area contributed by atoms with E-state index in [2.05, 4.69) is 20.9 Å². The molecular formula is C15H12BrNO3S. The molecule has 0 saturated carbocycles. The zero-order chi connectivity index (χ0) is 15.2. The average molecular weight is 366 g/mol. The highest BCUT2D eigenvalue weighted by molar-refractivity contribution is 9.10. The van der Waals surface area contributed by atoms with E-state index in [-0.39, 0.29) is 12.4 Å². The number of aromatic nitrogens is 1. The molecule has 21 heavy (non-hydrogen) atoms. The third kappa shape index (κ3) is 3.92. The molecule has 0 bridgehead atoms. The topological polar surface area (TPSA) is 56.3 Å². The molecule has 0 amide bonds. The minimum absolute atomic E-state index is 0.259. The van der Waals surface area contributed by atoms with E-state index in [9.17, 15) is 9.59 Å². The Bertz CT molecular complexity index is 675. The van der Waals surface area contributed by atoms with Gasteiger partial charge in [-0.1, -0.05) is 34.1 Å². The Hall–Kier alpha value is -1.66. The summed E-state index contributed by atoms with van der Waals surface area (Å²) in [6.07, 6.45) is 3.43.